The van der Waals surface area contributed by atoms with Crippen LogP contribution in [0, 0.1) is 17.2 Å². The standard InChI is InChI=1S/C15H17N3O3/c16-8-11-3-1-4-12(7-11)9-17-15(21)18-6-2-5-13(10-18)14(19)20/h1,3-4,7,13H,2,5-6,9-10H2,(H,17,21)(H,19,20)/t13-/m0/s1. The second-order valence-electron chi connectivity index (χ2n) is 5.09. The molecule has 0 aliphatic carbocycles. The van der Waals surface area contributed by atoms with Gasteiger partial charge >= 0.3 is 12.0 Å². The van der Waals surface area contributed by atoms with Crippen LogP contribution in [0.4, 0.5) is 4.79 Å². The number of likely N-dealkylation sites (tertiary alicyclic amines) is 1. The molecule has 1 aliphatic heterocycles. The van der Waals surface area contributed by atoms with Gasteiger partial charge in [-0.25, -0.2) is 4.79 Å². The SMILES string of the molecule is N#Cc1cccc(CNC(=O)N2CCC[C@H](C(=O)O)C2)c1. The number of hydrogen-bond donors (Lipinski definition) is 2. The molecule has 1 aromatic rings. The molecule has 2 N–H and O–H groups in total. The average Bonchev–Trinajstić information content (AvgIpc) is 2.53. The molecule has 2 amide bonds. The van der Waals surface area contributed by atoms with Crippen LogP contribution < -0.4 is 5.32 Å². The minimum atomic E-state index is -0.853. The van der Waals surface area contributed by atoms with E-state index in [0.29, 0.717) is 31.5 Å². The van der Waals surface area contributed by atoms with Gasteiger partial charge in [0.05, 0.1) is 17.6 Å². The van der Waals surface area contributed by atoms with Crippen molar-refractivity contribution in [1.29, 1.82) is 5.26 Å². The summed E-state index contributed by atoms with van der Waals surface area (Å²) < 4.78 is 0. The van der Waals surface area contributed by atoms with Crippen LogP contribution in [0.1, 0.15) is 24.0 Å². The molecule has 1 aliphatic rings. The summed E-state index contributed by atoms with van der Waals surface area (Å²) in [6.45, 7) is 1.15. The highest BCUT2D eigenvalue weighted by molar-refractivity contribution is 5.76. The molecule has 0 spiro atoms. The maximum atomic E-state index is 12.1. The van der Waals surface area contributed by atoms with Gasteiger partial charge in [-0.3, -0.25) is 4.79 Å². The van der Waals surface area contributed by atoms with Crippen molar-refractivity contribution in [1.82, 2.24) is 10.2 Å². The number of carbonyl (C=O) groups is 2. The van der Waals surface area contributed by atoms with Crippen molar-refractivity contribution in [3.63, 3.8) is 0 Å². The number of carboxylic acids is 1. The predicted molar refractivity (Wildman–Crippen MR) is 75.3 cm³/mol. The normalized spacial score (nSPS) is 17.9. The Labute approximate surface area is 123 Å². The summed E-state index contributed by atoms with van der Waals surface area (Å²) in [5.41, 5.74) is 1.39. The van der Waals surface area contributed by atoms with Crippen LogP contribution in [-0.4, -0.2) is 35.1 Å². The Bertz CT molecular complexity index is 580. The first-order chi connectivity index (χ1) is 10.1. The van der Waals surface area contributed by atoms with Crippen molar-refractivity contribution in [3.05, 3.63) is 35.4 Å². The number of carbonyl (C=O) groups excluding carboxylic acids is 1. The summed E-state index contributed by atoms with van der Waals surface area (Å²) in [5.74, 6) is -1.33. The number of aliphatic carboxylic acids is 1. The highest BCUT2D eigenvalue weighted by Crippen LogP contribution is 2.16. The number of amides is 2. The summed E-state index contributed by atoms with van der Waals surface area (Å²) in [4.78, 5) is 24.6. The number of benzene rings is 1. The molecular formula is C15H17N3O3. The third kappa shape index (κ3) is 3.96. The van der Waals surface area contributed by atoms with Crippen LogP contribution in [0.5, 0.6) is 0 Å². The molecule has 1 saturated heterocycles. The Morgan fingerprint density at radius 3 is 3.00 bits per heavy atom. The lowest BCUT2D eigenvalue weighted by Crippen LogP contribution is -2.46. The molecule has 1 fully saturated rings. The molecule has 1 aromatic carbocycles. The van der Waals surface area contributed by atoms with Gasteiger partial charge in [0.15, 0.2) is 0 Å². The fraction of sp³-hybridized carbons (Fsp3) is 0.400. The molecule has 0 aromatic heterocycles. The van der Waals surface area contributed by atoms with Gasteiger partial charge in [0.25, 0.3) is 0 Å². The zero-order valence-corrected chi connectivity index (χ0v) is 11.6. The smallest absolute Gasteiger partial charge is 0.317 e. The lowest BCUT2D eigenvalue weighted by molar-refractivity contribution is -0.143. The summed E-state index contributed by atoms with van der Waals surface area (Å²) in [7, 11) is 0. The van der Waals surface area contributed by atoms with E-state index in [-0.39, 0.29) is 12.6 Å². The number of rotatable bonds is 3. The maximum Gasteiger partial charge on any atom is 0.317 e. The summed E-state index contributed by atoms with van der Waals surface area (Å²) >= 11 is 0. The van der Waals surface area contributed by atoms with Crippen molar-refractivity contribution < 1.29 is 14.7 Å². The summed E-state index contributed by atoms with van der Waals surface area (Å²) in [6.07, 6.45) is 1.32. The van der Waals surface area contributed by atoms with Crippen molar-refractivity contribution in [3.8, 4) is 6.07 Å². The number of carboxylic acid groups (broad SMARTS) is 1. The lowest BCUT2D eigenvalue weighted by Gasteiger charge is -2.30. The number of nitrogens with zero attached hydrogens (tertiary/aromatic N) is 2. The van der Waals surface area contributed by atoms with E-state index in [1.807, 2.05) is 12.1 Å². The van der Waals surface area contributed by atoms with E-state index in [9.17, 15) is 9.59 Å². The molecule has 1 heterocycles. The van der Waals surface area contributed by atoms with Gasteiger partial charge in [-0.05, 0) is 30.5 Å². The Hall–Kier alpha value is -2.55. The van der Waals surface area contributed by atoms with Gasteiger partial charge in [0.1, 0.15) is 0 Å². The molecule has 0 radical (unpaired) electrons. The van der Waals surface area contributed by atoms with E-state index in [4.69, 9.17) is 10.4 Å². The van der Waals surface area contributed by atoms with Crippen molar-refractivity contribution in [2.75, 3.05) is 13.1 Å². The highest BCUT2D eigenvalue weighted by atomic mass is 16.4. The van der Waals surface area contributed by atoms with Crippen LogP contribution >= 0.6 is 0 Å². The number of nitriles is 1. The zero-order valence-electron chi connectivity index (χ0n) is 11.6. The molecule has 1 atom stereocenters. The molecule has 2 rings (SSSR count). The first kappa shape index (κ1) is 14.9. The summed E-state index contributed by atoms with van der Waals surface area (Å²) in [6, 6.07) is 8.80. The van der Waals surface area contributed by atoms with Crippen LogP contribution in [0.2, 0.25) is 0 Å². The molecular weight excluding hydrogens is 270 g/mol. The van der Waals surface area contributed by atoms with E-state index >= 15 is 0 Å². The molecule has 0 bridgehead atoms. The van der Waals surface area contributed by atoms with E-state index in [0.717, 1.165) is 5.56 Å². The number of nitrogens with one attached hydrogen (secondary N) is 1. The fourth-order valence-electron chi connectivity index (χ4n) is 2.40. The molecule has 6 heteroatoms. The zero-order chi connectivity index (χ0) is 15.2. The Kier molecular flexibility index (Phi) is 4.77. The molecule has 110 valence electrons. The van der Waals surface area contributed by atoms with Crippen LogP contribution in [0.3, 0.4) is 0 Å². The Morgan fingerprint density at radius 1 is 1.48 bits per heavy atom. The van der Waals surface area contributed by atoms with Gasteiger partial charge < -0.3 is 15.3 Å². The topological polar surface area (TPSA) is 93.4 Å². The second kappa shape index (κ2) is 6.75. The summed E-state index contributed by atoms with van der Waals surface area (Å²) in [5, 5.41) is 20.6. The molecule has 21 heavy (non-hydrogen) atoms. The molecule has 0 unspecified atom stereocenters. The van der Waals surface area contributed by atoms with Gasteiger partial charge in [0, 0.05) is 19.6 Å². The van der Waals surface area contributed by atoms with Crippen molar-refractivity contribution in [2.45, 2.75) is 19.4 Å². The Balaban J connectivity index is 1.89. The van der Waals surface area contributed by atoms with E-state index in [1.165, 1.54) is 4.90 Å². The van der Waals surface area contributed by atoms with Crippen LogP contribution in [-0.2, 0) is 11.3 Å². The van der Waals surface area contributed by atoms with E-state index < -0.39 is 11.9 Å². The monoisotopic (exact) mass is 287 g/mol. The van der Waals surface area contributed by atoms with Crippen molar-refractivity contribution >= 4 is 12.0 Å². The largest absolute Gasteiger partial charge is 0.481 e. The first-order valence-corrected chi connectivity index (χ1v) is 6.85. The highest BCUT2D eigenvalue weighted by Gasteiger charge is 2.27. The average molecular weight is 287 g/mol. The molecule has 6 nitrogen and oxygen atoms in total. The maximum absolute atomic E-state index is 12.1. The van der Waals surface area contributed by atoms with Crippen molar-refractivity contribution in [2.24, 2.45) is 5.92 Å². The van der Waals surface area contributed by atoms with E-state index in [2.05, 4.69) is 5.32 Å². The van der Waals surface area contributed by atoms with Gasteiger partial charge in [-0.15, -0.1) is 0 Å². The Morgan fingerprint density at radius 2 is 2.29 bits per heavy atom. The van der Waals surface area contributed by atoms with Gasteiger partial charge in [0.2, 0.25) is 0 Å². The van der Waals surface area contributed by atoms with Crippen LogP contribution in [0.15, 0.2) is 24.3 Å². The minimum absolute atomic E-state index is 0.249. The number of piperidine rings is 1. The fourth-order valence-corrected chi connectivity index (χ4v) is 2.40. The lowest BCUT2D eigenvalue weighted by atomic mass is 9.99. The first-order valence-electron chi connectivity index (χ1n) is 6.85. The second-order valence-corrected chi connectivity index (χ2v) is 5.09. The van der Waals surface area contributed by atoms with Crippen LogP contribution in [0.25, 0.3) is 0 Å². The predicted octanol–water partition coefficient (Wildman–Crippen LogP) is 1.56. The third-order valence-electron chi connectivity index (χ3n) is 3.56. The number of hydrogen-bond acceptors (Lipinski definition) is 3. The van der Waals surface area contributed by atoms with Gasteiger partial charge in [-0.2, -0.15) is 5.26 Å². The van der Waals surface area contributed by atoms with Gasteiger partial charge in [-0.1, -0.05) is 12.1 Å². The number of urea groups is 1. The third-order valence-corrected chi connectivity index (χ3v) is 3.56. The quantitative estimate of drug-likeness (QED) is 0.882. The minimum Gasteiger partial charge on any atom is -0.481 e. The van der Waals surface area contributed by atoms with E-state index in [1.54, 1.807) is 18.2 Å². The molecule has 0 saturated carbocycles.